The van der Waals surface area contributed by atoms with Crippen molar-refractivity contribution in [3.63, 3.8) is 0 Å². The molecular weight excluding hydrogens is 283 g/mol. The Morgan fingerprint density at radius 3 is 2.55 bits per heavy atom. The highest BCUT2D eigenvalue weighted by atomic mass is 19.1. The van der Waals surface area contributed by atoms with Crippen LogP contribution in [-0.4, -0.2) is 38.2 Å². The SMILES string of the molecule is Cc1nc(C(=O)N2CCC2C(C)C)nn1-c1ccc(F)cc1. The van der Waals surface area contributed by atoms with E-state index >= 15 is 0 Å². The predicted octanol–water partition coefficient (Wildman–Crippen LogP) is 2.59. The van der Waals surface area contributed by atoms with Crippen molar-refractivity contribution >= 4 is 5.91 Å². The van der Waals surface area contributed by atoms with Crippen molar-refractivity contribution in [2.45, 2.75) is 33.2 Å². The summed E-state index contributed by atoms with van der Waals surface area (Å²) >= 11 is 0. The summed E-state index contributed by atoms with van der Waals surface area (Å²) < 4.78 is 14.6. The first-order valence-electron chi connectivity index (χ1n) is 7.48. The van der Waals surface area contributed by atoms with Gasteiger partial charge in [0.2, 0.25) is 5.82 Å². The largest absolute Gasteiger partial charge is 0.332 e. The molecule has 0 saturated carbocycles. The number of amides is 1. The quantitative estimate of drug-likeness (QED) is 0.875. The van der Waals surface area contributed by atoms with Gasteiger partial charge in [0, 0.05) is 12.6 Å². The van der Waals surface area contributed by atoms with Crippen LogP contribution >= 0.6 is 0 Å². The Morgan fingerprint density at radius 1 is 1.32 bits per heavy atom. The Balaban J connectivity index is 1.86. The Morgan fingerprint density at radius 2 is 2.00 bits per heavy atom. The fourth-order valence-electron chi connectivity index (χ4n) is 2.79. The van der Waals surface area contributed by atoms with Crippen LogP contribution in [-0.2, 0) is 0 Å². The molecule has 1 aliphatic heterocycles. The molecule has 1 atom stereocenters. The second kappa shape index (κ2) is 5.51. The number of carbonyl (C=O) groups excluding carboxylic acids is 1. The maximum absolute atomic E-state index is 13.0. The van der Waals surface area contributed by atoms with E-state index in [1.54, 1.807) is 23.7 Å². The highest BCUT2D eigenvalue weighted by Crippen LogP contribution is 2.26. The summed E-state index contributed by atoms with van der Waals surface area (Å²) in [5.74, 6) is 0.800. The molecule has 0 radical (unpaired) electrons. The summed E-state index contributed by atoms with van der Waals surface area (Å²) in [7, 11) is 0. The molecule has 6 heteroatoms. The highest BCUT2D eigenvalue weighted by molar-refractivity contribution is 5.91. The molecule has 1 aromatic heterocycles. The van der Waals surface area contributed by atoms with Gasteiger partial charge in [-0.3, -0.25) is 4.79 Å². The number of nitrogens with zero attached hydrogens (tertiary/aromatic N) is 4. The molecule has 1 aromatic carbocycles. The van der Waals surface area contributed by atoms with Crippen molar-refractivity contribution in [2.75, 3.05) is 6.54 Å². The smallest absolute Gasteiger partial charge is 0.293 e. The van der Waals surface area contributed by atoms with E-state index in [-0.39, 0.29) is 23.6 Å². The molecular formula is C16H19FN4O. The zero-order valence-corrected chi connectivity index (χ0v) is 13.0. The molecule has 0 spiro atoms. The van der Waals surface area contributed by atoms with Gasteiger partial charge in [-0.25, -0.2) is 14.1 Å². The summed E-state index contributed by atoms with van der Waals surface area (Å²) in [6.07, 6.45) is 1.03. The molecule has 2 aromatic rings. The van der Waals surface area contributed by atoms with Gasteiger partial charge in [0.05, 0.1) is 5.69 Å². The lowest BCUT2D eigenvalue weighted by molar-refractivity contribution is 0.0335. The molecule has 5 nitrogen and oxygen atoms in total. The molecule has 1 fully saturated rings. The number of benzene rings is 1. The van der Waals surface area contributed by atoms with Gasteiger partial charge in [-0.1, -0.05) is 13.8 Å². The third-order valence-corrected chi connectivity index (χ3v) is 4.13. The lowest BCUT2D eigenvalue weighted by Gasteiger charge is -2.42. The Hall–Kier alpha value is -2.24. The predicted molar refractivity (Wildman–Crippen MR) is 80.3 cm³/mol. The van der Waals surface area contributed by atoms with Gasteiger partial charge in [0.15, 0.2) is 0 Å². The number of aromatic nitrogens is 3. The van der Waals surface area contributed by atoms with Gasteiger partial charge < -0.3 is 4.90 Å². The second-order valence-corrected chi connectivity index (χ2v) is 5.97. The highest BCUT2D eigenvalue weighted by Gasteiger charge is 2.36. The average molecular weight is 302 g/mol. The van der Waals surface area contributed by atoms with E-state index in [0.717, 1.165) is 13.0 Å². The average Bonchev–Trinajstić information content (AvgIpc) is 2.80. The van der Waals surface area contributed by atoms with Crippen LogP contribution in [0.25, 0.3) is 5.69 Å². The summed E-state index contributed by atoms with van der Waals surface area (Å²) in [4.78, 5) is 18.6. The molecule has 1 amide bonds. The van der Waals surface area contributed by atoms with Crippen LogP contribution in [0.3, 0.4) is 0 Å². The maximum Gasteiger partial charge on any atom is 0.293 e. The number of hydrogen-bond acceptors (Lipinski definition) is 3. The van der Waals surface area contributed by atoms with Crippen molar-refractivity contribution < 1.29 is 9.18 Å². The molecule has 3 rings (SSSR count). The number of likely N-dealkylation sites (tertiary alicyclic amines) is 1. The number of carbonyl (C=O) groups is 1. The molecule has 116 valence electrons. The van der Waals surface area contributed by atoms with E-state index in [1.165, 1.54) is 12.1 Å². The Bertz CT molecular complexity index is 693. The van der Waals surface area contributed by atoms with E-state index in [0.29, 0.717) is 17.4 Å². The molecule has 1 unspecified atom stereocenters. The van der Waals surface area contributed by atoms with Crippen LogP contribution in [0.5, 0.6) is 0 Å². The third-order valence-electron chi connectivity index (χ3n) is 4.13. The van der Waals surface area contributed by atoms with Crippen LogP contribution in [0.2, 0.25) is 0 Å². The van der Waals surface area contributed by atoms with Crippen LogP contribution in [0.4, 0.5) is 4.39 Å². The van der Waals surface area contributed by atoms with Gasteiger partial charge in [0.25, 0.3) is 5.91 Å². The summed E-state index contributed by atoms with van der Waals surface area (Å²) in [6.45, 7) is 6.76. The van der Waals surface area contributed by atoms with E-state index in [4.69, 9.17) is 0 Å². The van der Waals surface area contributed by atoms with Crippen molar-refractivity contribution in [3.8, 4) is 5.69 Å². The van der Waals surface area contributed by atoms with Gasteiger partial charge in [-0.05, 0) is 43.5 Å². The fraction of sp³-hybridized carbons (Fsp3) is 0.438. The van der Waals surface area contributed by atoms with Crippen molar-refractivity contribution in [2.24, 2.45) is 5.92 Å². The van der Waals surface area contributed by atoms with Gasteiger partial charge in [-0.15, -0.1) is 5.10 Å². The zero-order valence-electron chi connectivity index (χ0n) is 13.0. The first kappa shape index (κ1) is 14.7. The zero-order chi connectivity index (χ0) is 15.9. The lowest BCUT2D eigenvalue weighted by Crippen LogP contribution is -2.53. The molecule has 2 heterocycles. The van der Waals surface area contributed by atoms with E-state index in [1.807, 2.05) is 4.90 Å². The molecule has 0 N–H and O–H groups in total. The molecule has 22 heavy (non-hydrogen) atoms. The summed E-state index contributed by atoms with van der Waals surface area (Å²) in [5.41, 5.74) is 0.689. The van der Waals surface area contributed by atoms with Gasteiger partial charge >= 0.3 is 0 Å². The monoisotopic (exact) mass is 302 g/mol. The standard InChI is InChI=1S/C16H19FN4O/c1-10(2)14-8-9-20(14)16(22)15-18-11(3)21(19-15)13-6-4-12(17)5-7-13/h4-7,10,14H,8-9H2,1-3H3. The van der Waals surface area contributed by atoms with Crippen molar-refractivity contribution in [1.82, 2.24) is 19.7 Å². The normalized spacial score (nSPS) is 17.7. The first-order chi connectivity index (χ1) is 10.5. The second-order valence-electron chi connectivity index (χ2n) is 5.97. The number of aryl methyl sites for hydroxylation is 1. The third kappa shape index (κ3) is 2.49. The van der Waals surface area contributed by atoms with Crippen molar-refractivity contribution in [1.29, 1.82) is 0 Å². The minimum Gasteiger partial charge on any atom is -0.332 e. The minimum atomic E-state index is -0.307. The van der Waals surface area contributed by atoms with Crippen LogP contribution in [0.1, 0.15) is 36.7 Å². The summed E-state index contributed by atoms with van der Waals surface area (Å²) in [6, 6.07) is 6.23. The lowest BCUT2D eigenvalue weighted by atomic mass is 9.92. The number of halogens is 1. The van der Waals surface area contributed by atoms with Crippen LogP contribution in [0.15, 0.2) is 24.3 Å². The maximum atomic E-state index is 13.0. The fourth-order valence-corrected chi connectivity index (χ4v) is 2.79. The van der Waals surface area contributed by atoms with Crippen LogP contribution in [0, 0.1) is 18.7 Å². The topological polar surface area (TPSA) is 51.0 Å². The van der Waals surface area contributed by atoms with E-state index in [2.05, 4.69) is 23.9 Å². The molecule has 1 aliphatic rings. The minimum absolute atomic E-state index is 0.131. The number of rotatable bonds is 3. The molecule has 1 saturated heterocycles. The Kier molecular flexibility index (Phi) is 3.68. The van der Waals surface area contributed by atoms with Crippen LogP contribution < -0.4 is 0 Å². The molecule has 0 bridgehead atoms. The van der Waals surface area contributed by atoms with Gasteiger partial charge in [-0.2, -0.15) is 0 Å². The molecule has 0 aliphatic carbocycles. The van der Waals surface area contributed by atoms with E-state index < -0.39 is 0 Å². The van der Waals surface area contributed by atoms with Crippen molar-refractivity contribution in [3.05, 3.63) is 41.7 Å². The van der Waals surface area contributed by atoms with Gasteiger partial charge in [0.1, 0.15) is 11.6 Å². The Labute approximate surface area is 128 Å². The first-order valence-corrected chi connectivity index (χ1v) is 7.48. The summed E-state index contributed by atoms with van der Waals surface area (Å²) in [5, 5.41) is 4.30. The van der Waals surface area contributed by atoms with E-state index in [9.17, 15) is 9.18 Å². The number of hydrogen-bond donors (Lipinski definition) is 0.